The van der Waals surface area contributed by atoms with Gasteiger partial charge in [0.05, 0.1) is 19.3 Å². The first kappa shape index (κ1) is 15.4. The maximum absolute atomic E-state index is 12.3. The number of carbonyl (C=O) groups is 2. The molecule has 0 aliphatic carbocycles. The topological polar surface area (TPSA) is 106 Å². The molecule has 0 saturated carbocycles. The van der Waals surface area contributed by atoms with Gasteiger partial charge in [0, 0.05) is 19.4 Å². The van der Waals surface area contributed by atoms with Crippen LogP contribution in [0.5, 0.6) is 0 Å². The largest absolute Gasteiger partial charge is 0.481 e. The number of aryl methyl sites for hydroxylation is 2. The van der Waals surface area contributed by atoms with Crippen LogP contribution in [0, 0.1) is 12.8 Å². The predicted octanol–water partition coefficient (Wildman–Crippen LogP) is 0.259. The molecule has 2 unspecified atom stereocenters. The molecule has 0 bridgehead atoms. The standard InChI is InChI=1S/C13H19N3O5/c1-3-16(10-7-20-6-9(10)13(18)19)12(17)5-4-11-14-8(2)15-21-11/h9-10H,3-7H2,1-2H3,(H,18,19). The summed E-state index contributed by atoms with van der Waals surface area (Å²) >= 11 is 0. The molecule has 1 aromatic heterocycles. The number of carboxylic acid groups (broad SMARTS) is 1. The third-order valence-corrected chi connectivity index (χ3v) is 3.55. The molecule has 1 saturated heterocycles. The summed E-state index contributed by atoms with van der Waals surface area (Å²) in [5.74, 6) is -0.791. The first-order chi connectivity index (χ1) is 10.0. The number of likely N-dealkylation sites (N-methyl/N-ethyl adjacent to an activating group) is 1. The van der Waals surface area contributed by atoms with Gasteiger partial charge in [-0.25, -0.2) is 0 Å². The molecule has 8 heteroatoms. The predicted molar refractivity (Wildman–Crippen MR) is 70.5 cm³/mol. The van der Waals surface area contributed by atoms with Crippen LogP contribution in [0.2, 0.25) is 0 Å². The fourth-order valence-corrected chi connectivity index (χ4v) is 2.48. The summed E-state index contributed by atoms with van der Waals surface area (Å²) in [5, 5.41) is 12.8. The van der Waals surface area contributed by atoms with Gasteiger partial charge in [-0.05, 0) is 13.8 Å². The van der Waals surface area contributed by atoms with Crippen molar-refractivity contribution in [3.8, 4) is 0 Å². The van der Waals surface area contributed by atoms with Crippen LogP contribution in [0.4, 0.5) is 0 Å². The zero-order valence-electron chi connectivity index (χ0n) is 12.1. The minimum atomic E-state index is -0.934. The molecular formula is C13H19N3O5. The number of nitrogens with zero attached hydrogens (tertiary/aromatic N) is 3. The maximum atomic E-state index is 12.3. The van der Waals surface area contributed by atoms with Crippen LogP contribution in [0.25, 0.3) is 0 Å². The van der Waals surface area contributed by atoms with Gasteiger partial charge >= 0.3 is 5.97 Å². The molecule has 1 aliphatic rings. The lowest BCUT2D eigenvalue weighted by atomic mass is 10.0. The van der Waals surface area contributed by atoms with E-state index < -0.39 is 17.9 Å². The zero-order valence-corrected chi connectivity index (χ0v) is 12.1. The van der Waals surface area contributed by atoms with E-state index in [1.165, 1.54) is 0 Å². The minimum absolute atomic E-state index is 0.130. The maximum Gasteiger partial charge on any atom is 0.311 e. The Morgan fingerprint density at radius 3 is 2.76 bits per heavy atom. The van der Waals surface area contributed by atoms with E-state index in [1.54, 1.807) is 11.8 Å². The Labute approximate surface area is 122 Å². The Morgan fingerprint density at radius 2 is 2.19 bits per heavy atom. The van der Waals surface area contributed by atoms with Crippen LogP contribution < -0.4 is 0 Å². The molecule has 2 heterocycles. The molecule has 1 fully saturated rings. The Balaban J connectivity index is 1.96. The summed E-state index contributed by atoms with van der Waals surface area (Å²) in [5.41, 5.74) is 0. The van der Waals surface area contributed by atoms with Gasteiger partial charge in [-0.1, -0.05) is 5.16 Å². The van der Waals surface area contributed by atoms with E-state index in [9.17, 15) is 9.59 Å². The third-order valence-electron chi connectivity index (χ3n) is 3.55. The van der Waals surface area contributed by atoms with Gasteiger partial charge in [-0.2, -0.15) is 4.98 Å². The van der Waals surface area contributed by atoms with E-state index in [4.69, 9.17) is 14.4 Å². The van der Waals surface area contributed by atoms with Crippen molar-refractivity contribution in [1.82, 2.24) is 15.0 Å². The van der Waals surface area contributed by atoms with Gasteiger partial charge < -0.3 is 19.3 Å². The van der Waals surface area contributed by atoms with E-state index in [2.05, 4.69) is 10.1 Å². The number of hydrogen-bond donors (Lipinski definition) is 1. The average molecular weight is 297 g/mol. The minimum Gasteiger partial charge on any atom is -0.481 e. The van der Waals surface area contributed by atoms with Gasteiger partial charge in [-0.15, -0.1) is 0 Å². The molecule has 8 nitrogen and oxygen atoms in total. The van der Waals surface area contributed by atoms with E-state index >= 15 is 0 Å². The molecule has 2 rings (SSSR count). The van der Waals surface area contributed by atoms with E-state index in [1.807, 2.05) is 6.92 Å². The highest BCUT2D eigenvalue weighted by Gasteiger charge is 2.39. The Morgan fingerprint density at radius 1 is 1.43 bits per heavy atom. The van der Waals surface area contributed by atoms with Crippen LogP contribution in [0.1, 0.15) is 25.1 Å². The first-order valence-electron chi connectivity index (χ1n) is 6.92. The lowest BCUT2D eigenvalue weighted by Gasteiger charge is -2.29. The molecule has 1 N–H and O–H groups in total. The normalized spacial score (nSPS) is 21.4. The first-order valence-corrected chi connectivity index (χ1v) is 6.92. The fourth-order valence-electron chi connectivity index (χ4n) is 2.48. The number of amides is 1. The highest BCUT2D eigenvalue weighted by molar-refractivity contribution is 5.78. The molecule has 1 amide bonds. The monoisotopic (exact) mass is 297 g/mol. The van der Waals surface area contributed by atoms with Gasteiger partial charge in [0.15, 0.2) is 5.82 Å². The van der Waals surface area contributed by atoms with Crippen LogP contribution in [0.15, 0.2) is 4.52 Å². The van der Waals surface area contributed by atoms with Crippen molar-refractivity contribution in [1.29, 1.82) is 0 Å². The Kier molecular flexibility index (Phi) is 4.89. The van der Waals surface area contributed by atoms with E-state index in [-0.39, 0.29) is 25.5 Å². The summed E-state index contributed by atoms with van der Waals surface area (Å²) < 4.78 is 10.2. The average Bonchev–Trinajstić information content (AvgIpc) is 3.06. The van der Waals surface area contributed by atoms with Crippen molar-refractivity contribution in [3.63, 3.8) is 0 Å². The third kappa shape index (κ3) is 3.57. The fraction of sp³-hybridized carbons (Fsp3) is 0.692. The van der Waals surface area contributed by atoms with Crippen molar-refractivity contribution < 1.29 is 24.0 Å². The number of hydrogen-bond acceptors (Lipinski definition) is 6. The molecule has 1 aromatic rings. The Bertz CT molecular complexity index is 516. The summed E-state index contributed by atoms with van der Waals surface area (Å²) in [7, 11) is 0. The highest BCUT2D eigenvalue weighted by Crippen LogP contribution is 2.21. The number of carboxylic acids is 1. The number of aliphatic carboxylic acids is 1. The summed E-state index contributed by atoms with van der Waals surface area (Å²) in [4.78, 5) is 29.1. The molecular weight excluding hydrogens is 278 g/mol. The summed E-state index contributed by atoms with van der Waals surface area (Å²) in [6, 6.07) is -0.413. The van der Waals surface area contributed by atoms with Crippen molar-refractivity contribution in [3.05, 3.63) is 11.7 Å². The second-order valence-corrected chi connectivity index (χ2v) is 4.96. The number of ether oxygens (including phenoxy) is 1. The lowest BCUT2D eigenvalue weighted by molar-refractivity contribution is -0.145. The Hall–Kier alpha value is -1.96. The van der Waals surface area contributed by atoms with Gasteiger partial charge in [0.25, 0.3) is 0 Å². The molecule has 1 aliphatic heterocycles. The molecule has 0 spiro atoms. The smallest absolute Gasteiger partial charge is 0.311 e. The number of carbonyl (C=O) groups excluding carboxylic acids is 1. The lowest BCUT2D eigenvalue weighted by Crippen LogP contribution is -2.46. The van der Waals surface area contributed by atoms with E-state index in [0.717, 1.165) is 0 Å². The molecule has 0 aromatic carbocycles. The zero-order chi connectivity index (χ0) is 15.4. The van der Waals surface area contributed by atoms with Crippen molar-refractivity contribution >= 4 is 11.9 Å². The van der Waals surface area contributed by atoms with Crippen LogP contribution >= 0.6 is 0 Å². The summed E-state index contributed by atoms with van der Waals surface area (Å²) in [6.45, 7) is 4.38. The van der Waals surface area contributed by atoms with Gasteiger partial charge in [0.1, 0.15) is 5.92 Å². The second kappa shape index (κ2) is 6.66. The molecule has 116 valence electrons. The molecule has 21 heavy (non-hydrogen) atoms. The SMILES string of the molecule is CCN(C(=O)CCc1nc(C)no1)C1COCC1C(=O)O. The highest BCUT2D eigenvalue weighted by atomic mass is 16.5. The van der Waals surface area contributed by atoms with Crippen molar-refractivity contribution in [2.24, 2.45) is 5.92 Å². The summed E-state index contributed by atoms with van der Waals surface area (Å²) in [6.07, 6.45) is 0.555. The molecule has 2 atom stereocenters. The van der Waals surface area contributed by atoms with Crippen LogP contribution in [0.3, 0.4) is 0 Å². The van der Waals surface area contributed by atoms with E-state index in [0.29, 0.717) is 24.7 Å². The molecule has 0 radical (unpaired) electrons. The van der Waals surface area contributed by atoms with Crippen LogP contribution in [-0.4, -0.2) is 57.8 Å². The van der Waals surface area contributed by atoms with Crippen molar-refractivity contribution in [2.75, 3.05) is 19.8 Å². The van der Waals surface area contributed by atoms with Gasteiger partial charge in [0.2, 0.25) is 11.8 Å². The number of rotatable bonds is 6. The van der Waals surface area contributed by atoms with Gasteiger partial charge in [-0.3, -0.25) is 9.59 Å². The number of aromatic nitrogens is 2. The van der Waals surface area contributed by atoms with Crippen molar-refractivity contribution in [2.45, 2.75) is 32.7 Å². The quantitative estimate of drug-likeness (QED) is 0.802. The second-order valence-electron chi connectivity index (χ2n) is 4.96. The van der Waals surface area contributed by atoms with Crippen LogP contribution in [-0.2, 0) is 20.7 Å².